The van der Waals surface area contributed by atoms with E-state index in [2.05, 4.69) is 10.3 Å². The summed E-state index contributed by atoms with van der Waals surface area (Å²) in [6.07, 6.45) is 6.43. The first-order valence-electron chi connectivity index (χ1n) is 9.97. The molecule has 3 aromatic rings. The van der Waals surface area contributed by atoms with Gasteiger partial charge in [-0.15, -0.1) is 0 Å². The second-order valence-electron chi connectivity index (χ2n) is 7.88. The zero-order valence-corrected chi connectivity index (χ0v) is 19.0. The molecule has 1 unspecified atom stereocenters. The number of carbonyl (C=O) groups excluding carboxylic acids is 1. The van der Waals surface area contributed by atoms with Crippen molar-refractivity contribution in [1.82, 2.24) is 4.98 Å². The lowest BCUT2D eigenvalue weighted by Gasteiger charge is -2.20. The molecular formula is C22H23ClN2O3S2. The van der Waals surface area contributed by atoms with Crippen LogP contribution in [0.25, 0.3) is 10.2 Å². The van der Waals surface area contributed by atoms with Crippen molar-refractivity contribution >= 4 is 54.0 Å². The van der Waals surface area contributed by atoms with Crippen LogP contribution < -0.4 is 5.32 Å². The number of amides is 1. The fourth-order valence-corrected chi connectivity index (χ4v) is 6.33. The third kappa shape index (κ3) is 4.68. The molecule has 0 spiro atoms. The molecule has 1 atom stereocenters. The van der Waals surface area contributed by atoms with Crippen molar-refractivity contribution in [3.8, 4) is 0 Å². The van der Waals surface area contributed by atoms with Crippen molar-refractivity contribution in [3.63, 3.8) is 0 Å². The molecule has 5 nitrogen and oxygen atoms in total. The zero-order chi connectivity index (χ0) is 21.3. The molecule has 1 aliphatic rings. The maximum absolute atomic E-state index is 13.3. The van der Waals surface area contributed by atoms with Crippen LogP contribution in [0.5, 0.6) is 0 Å². The minimum Gasteiger partial charge on any atom is -0.301 e. The number of rotatable bonds is 6. The molecule has 0 aliphatic heterocycles. The van der Waals surface area contributed by atoms with E-state index >= 15 is 0 Å². The highest BCUT2D eigenvalue weighted by Crippen LogP contribution is 2.37. The number of fused-ring (bicyclic) bond motifs is 1. The maximum Gasteiger partial charge on any atom is 0.233 e. The number of carbonyl (C=O) groups is 1. The number of halogens is 1. The Hall–Kier alpha value is -1.96. The molecule has 1 amide bonds. The van der Waals surface area contributed by atoms with Crippen LogP contribution >= 0.6 is 22.9 Å². The molecule has 158 valence electrons. The van der Waals surface area contributed by atoms with Gasteiger partial charge >= 0.3 is 0 Å². The molecule has 2 aromatic carbocycles. The second-order valence-corrected chi connectivity index (χ2v) is 11.3. The van der Waals surface area contributed by atoms with Gasteiger partial charge in [0.25, 0.3) is 0 Å². The number of nitrogens with zero attached hydrogens (tertiary/aromatic N) is 1. The molecule has 1 fully saturated rings. The Balaban J connectivity index is 1.63. The van der Waals surface area contributed by atoms with Crippen molar-refractivity contribution in [2.45, 2.75) is 42.9 Å². The van der Waals surface area contributed by atoms with Crippen LogP contribution in [0.3, 0.4) is 0 Å². The van der Waals surface area contributed by atoms with E-state index in [1.54, 1.807) is 12.1 Å². The van der Waals surface area contributed by atoms with Crippen molar-refractivity contribution in [2.75, 3.05) is 11.6 Å². The van der Waals surface area contributed by atoms with Gasteiger partial charge in [0.1, 0.15) is 0 Å². The summed E-state index contributed by atoms with van der Waals surface area (Å²) in [5.41, 5.74) is 1.59. The number of para-hydroxylation sites is 1. The van der Waals surface area contributed by atoms with Crippen molar-refractivity contribution < 1.29 is 13.2 Å². The molecule has 8 heteroatoms. The number of thiazole rings is 1. The minimum absolute atomic E-state index is 0.0825. The van der Waals surface area contributed by atoms with Gasteiger partial charge in [0.15, 0.2) is 15.0 Å². The van der Waals surface area contributed by atoms with Crippen molar-refractivity contribution in [2.24, 2.45) is 5.92 Å². The third-order valence-electron chi connectivity index (χ3n) is 5.64. The van der Waals surface area contributed by atoms with E-state index in [9.17, 15) is 13.2 Å². The van der Waals surface area contributed by atoms with Gasteiger partial charge in [0.2, 0.25) is 5.91 Å². The van der Waals surface area contributed by atoms with E-state index in [4.69, 9.17) is 11.6 Å². The molecule has 0 saturated heterocycles. The maximum atomic E-state index is 13.3. The van der Waals surface area contributed by atoms with Crippen LogP contribution in [-0.2, 0) is 14.6 Å². The molecule has 4 rings (SSSR count). The number of anilines is 1. The highest BCUT2D eigenvalue weighted by Gasteiger charge is 2.28. The minimum atomic E-state index is -3.42. The Morgan fingerprint density at radius 1 is 1.23 bits per heavy atom. The summed E-state index contributed by atoms with van der Waals surface area (Å²) in [5.74, 6) is -0.0696. The average Bonchev–Trinajstić information content (AvgIpc) is 3.33. The largest absolute Gasteiger partial charge is 0.301 e. The number of sulfone groups is 1. The van der Waals surface area contributed by atoms with Crippen LogP contribution in [0.2, 0.25) is 5.02 Å². The standard InChI is InChI=1S/C22H23ClN2O3S2/c1-30(27,28)20-11-10-15(13-17(20)23)16(12-14-6-2-3-7-14)21(26)25-22-24-18-8-4-5-9-19(18)29-22/h4-5,8-11,13-14,16H,2-3,6-7,12H2,1H3,(H,24,25,26). The van der Waals surface area contributed by atoms with E-state index in [0.29, 0.717) is 17.5 Å². The van der Waals surface area contributed by atoms with Gasteiger partial charge in [-0.25, -0.2) is 13.4 Å². The quantitative estimate of drug-likeness (QED) is 0.513. The normalized spacial score (nSPS) is 16.1. The third-order valence-corrected chi connectivity index (χ3v) is 8.17. The van der Waals surface area contributed by atoms with Gasteiger partial charge in [-0.1, -0.05) is 66.8 Å². The highest BCUT2D eigenvalue weighted by molar-refractivity contribution is 7.90. The summed E-state index contributed by atoms with van der Waals surface area (Å²) in [6, 6.07) is 12.6. The van der Waals surface area contributed by atoms with Crippen molar-refractivity contribution in [3.05, 3.63) is 53.1 Å². The summed E-state index contributed by atoms with van der Waals surface area (Å²) < 4.78 is 24.8. The topological polar surface area (TPSA) is 76.1 Å². The lowest BCUT2D eigenvalue weighted by atomic mass is 9.87. The molecule has 1 aromatic heterocycles. The number of hydrogen-bond donors (Lipinski definition) is 1. The zero-order valence-electron chi connectivity index (χ0n) is 16.6. The first-order valence-corrected chi connectivity index (χ1v) is 13.1. The highest BCUT2D eigenvalue weighted by atomic mass is 35.5. The first-order chi connectivity index (χ1) is 14.3. The molecule has 30 heavy (non-hydrogen) atoms. The van der Waals surface area contributed by atoms with E-state index in [0.717, 1.165) is 34.9 Å². The molecule has 0 bridgehead atoms. The van der Waals surface area contributed by atoms with Crippen LogP contribution in [0.15, 0.2) is 47.4 Å². The Morgan fingerprint density at radius 2 is 1.97 bits per heavy atom. The van der Waals surface area contributed by atoms with Gasteiger partial charge in [-0.2, -0.15) is 0 Å². The Morgan fingerprint density at radius 3 is 2.63 bits per heavy atom. The summed E-state index contributed by atoms with van der Waals surface area (Å²) in [4.78, 5) is 17.9. The Kier molecular flexibility index (Phi) is 6.14. The molecule has 0 radical (unpaired) electrons. The van der Waals surface area contributed by atoms with Gasteiger partial charge in [0.05, 0.1) is 26.1 Å². The second kappa shape index (κ2) is 8.65. The van der Waals surface area contributed by atoms with Crippen LogP contribution in [0.1, 0.15) is 43.6 Å². The lowest BCUT2D eigenvalue weighted by molar-refractivity contribution is -0.118. The van der Waals surface area contributed by atoms with E-state index in [-0.39, 0.29) is 15.8 Å². The van der Waals surface area contributed by atoms with E-state index < -0.39 is 15.8 Å². The predicted octanol–water partition coefficient (Wildman–Crippen LogP) is 5.66. The summed E-state index contributed by atoms with van der Waals surface area (Å²) in [7, 11) is -3.42. The number of benzene rings is 2. The molecule has 1 aliphatic carbocycles. The first kappa shape index (κ1) is 21.3. The molecule has 1 N–H and O–H groups in total. The number of aromatic nitrogens is 1. The fraction of sp³-hybridized carbons (Fsp3) is 0.364. The SMILES string of the molecule is CS(=O)(=O)c1ccc(C(CC2CCCC2)C(=O)Nc2nc3ccccc3s2)cc1Cl. The Bertz CT molecular complexity index is 1150. The van der Waals surface area contributed by atoms with Crippen LogP contribution in [0, 0.1) is 5.92 Å². The number of nitrogens with one attached hydrogen (secondary N) is 1. The summed E-state index contributed by atoms with van der Waals surface area (Å²) >= 11 is 7.71. The summed E-state index contributed by atoms with van der Waals surface area (Å²) in [6.45, 7) is 0. The van der Waals surface area contributed by atoms with Crippen LogP contribution in [0.4, 0.5) is 5.13 Å². The molecule has 1 saturated carbocycles. The van der Waals surface area contributed by atoms with Gasteiger partial charge < -0.3 is 5.32 Å². The molecular weight excluding hydrogens is 440 g/mol. The predicted molar refractivity (Wildman–Crippen MR) is 122 cm³/mol. The van der Waals surface area contributed by atoms with Crippen LogP contribution in [-0.4, -0.2) is 25.6 Å². The van der Waals surface area contributed by atoms with Gasteiger partial charge in [-0.3, -0.25) is 4.79 Å². The Labute approximate surface area is 185 Å². The van der Waals surface area contributed by atoms with Gasteiger partial charge in [-0.05, 0) is 42.2 Å². The molecule has 1 heterocycles. The van der Waals surface area contributed by atoms with E-state index in [1.807, 2.05) is 24.3 Å². The van der Waals surface area contributed by atoms with Gasteiger partial charge in [0, 0.05) is 6.26 Å². The van der Waals surface area contributed by atoms with E-state index in [1.165, 1.54) is 30.2 Å². The lowest BCUT2D eigenvalue weighted by Crippen LogP contribution is -2.23. The van der Waals surface area contributed by atoms with Crippen molar-refractivity contribution in [1.29, 1.82) is 0 Å². The fourth-order valence-electron chi connectivity index (χ4n) is 4.13. The summed E-state index contributed by atoms with van der Waals surface area (Å²) in [5, 5.41) is 3.69. The smallest absolute Gasteiger partial charge is 0.233 e. The average molecular weight is 463 g/mol. The monoisotopic (exact) mass is 462 g/mol. The number of hydrogen-bond acceptors (Lipinski definition) is 5.